The maximum absolute atomic E-state index is 10.9. The molecule has 1 fully saturated rings. The Balaban J connectivity index is 2.53. The number of rotatable bonds is 4. The van der Waals surface area contributed by atoms with Crippen LogP contribution in [0.5, 0.6) is 0 Å². The van der Waals surface area contributed by atoms with Gasteiger partial charge in [0.2, 0.25) is 0 Å². The lowest BCUT2D eigenvalue weighted by molar-refractivity contribution is 0.169. The van der Waals surface area contributed by atoms with Gasteiger partial charge in [0.25, 0.3) is 10.1 Å². The highest BCUT2D eigenvalue weighted by Crippen LogP contribution is 2.31. The second kappa shape index (κ2) is 4.24. The van der Waals surface area contributed by atoms with Crippen LogP contribution < -0.4 is 0 Å². The largest absolute Gasteiger partial charge is 0.267 e. The first kappa shape index (κ1) is 10.7. The summed E-state index contributed by atoms with van der Waals surface area (Å²) >= 11 is 0. The van der Waals surface area contributed by atoms with Gasteiger partial charge in [-0.3, -0.25) is 4.18 Å². The highest BCUT2D eigenvalue weighted by atomic mass is 32.2. The van der Waals surface area contributed by atoms with Crippen molar-refractivity contribution in [3.05, 3.63) is 12.7 Å². The molecule has 1 aliphatic rings. The Kier molecular flexibility index (Phi) is 3.50. The molecule has 0 heterocycles. The lowest BCUT2D eigenvalue weighted by Crippen LogP contribution is -2.21. The van der Waals surface area contributed by atoms with Crippen LogP contribution in [0.1, 0.15) is 25.7 Å². The summed E-state index contributed by atoms with van der Waals surface area (Å²) in [4.78, 5) is 0. The van der Waals surface area contributed by atoms with Gasteiger partial charge in [-0.1, -0.05) is 12.5 Å². The van der Waals surface area contributed by atoms with Crippen LogP contribution in [0, 0.1) is 5.92 Å². The van der Waals surface area contributed by atoms with Gasteiger partial charge in [0.05, 0.1) is 12.4 Å². The standard InChI is InChI=1S/C9H16O3S/c1-3-5-8-6-4-7-9(8)12-13(2,10)11/h3,8-9H,1,4-7H2,2H3/t8-,9+/m0/s1. The van der Waals surface area contributed by atoms with E-state index in [2.05, 4.69) is 6.58 Å². The van der Waals surface area contributed by atoms with E-state index in [4.69, 9.17) is 4.18 Å². The summed E-state index contributed by atoms with van der Waals surface area (Å²) in [6, 6.07) is 0. The molecule has 4 heteroatoms. The minimum Gasteiger partial charge on any atom is -0.267 e. The molecule has 3 nitrogen and oxygen atoms in total. The Morgan fingerprint density at radius 2 is 2.23 bits per heavy atom. The lowest BCUT2D eigenvalue weighted by atomic mass is 10.0. The van der Waals surface area contributed by atoms with Gasteiger partial charge in [0.15, 0.2) is 0 Å². The second-order valence-corrected chi connectivity index (χ2v) is 5.15. The van der Waals surface area contributed by atoms with Gasteiger partial charge >= 0.3 is 0 Å². The molecule has 0 aliphatic heterocycles. The molecule has 13 heavy (non-hydrogen) atoms. The van der Waals surface area contributed by atoms with Crippen molar-refractivity contribution in [1.29, 1.82) is 0 Å². The predicted octanol–water partition coefficient (Wildman–Crippen LogP) is 1.71. The smallest absolute Gasteiger partial charge is 0.264 e. The van der Waals surface area contributed by atoms with Crippen molar-refractivity contribution in [2.24, 2.45) is 5.92 Å². The second-order valence-electron chi connectivity index (χ2n) is 3.55. The fourth-order valence-electron chi connectivity index (χ4n) is 1.84. The van der Waals surface area contributed by atoms with Gasteiger partial charge in [-0.15, -0.1) is 6.58 Å². The molecule has 0 saturated heterocycles. The third kappa shape index (κ3) is 3.48. The van der Waals surface area contributed by atoms with Crippen molar-refractivity contribution in [2.75, 3.05) is 6.26 Å². The molecule has 0 radical (unpaired) electrons. The summed E-state index contributed by atoms with van der Waals surface area (Å²) in [6.07, 6.45) is 6.62. The van der Waals surface area contributed by atoms with Crippen LogP contribution in [0.4, 0.5) is 0 Å². The van der Waals surface area contributed by atoms with E-state index in [1.807, 2.05) is 6.08 Å². The Labute approximate surface area is 79.9 Å². The van der Waals surface area contributed by atoms with Crippen molar-refractivity contribution in [3.8, 4) is 0 Å². The van der Waals surface area contributed by atoms with Crippen LogP contribution >= 0.6 is 0 Å². The zero-order chi connectivity index (χ0) is 9.90. The first-order chi connectivity index (χ1) is 6.03. The first-order valence-corrected chi connectivity index (χ1v) is 6.34. The summed E-state index contributed by atoms with van der Waals surface area (Å²) in [5, 5.41) is 0. The molecule has 0 spiro atoms. The van der Waals surface area contributed by atoms with Crippen LogP contribution in [-0.4, -0.2) is 20.8 Å². The van der Waals surface area contributed by atoms with Gasteiger partial charge in [-0.25, -0.2) is 0 Å². The van der Waals surface area contributed by atoms with E-state index in [1.54, 1.807) is 0 Å². The Bertz CT molecular complexity index is 269. The molecule has 0 amide bonds. The van der Waals surface area contributed by atoms with Gasteiger partial charge < -0.3 is 0 Å². The summed E-state index contributed by atoms with van der Waals surface area (Å²) in [5.74, 6) is 0.340. The van der Waals surface area contributed by atoms with Crippen molar-refractivity contribution in [2.45, 2.75) is 31.8 Å². The van der Waals surface area contributed by atoms with E-state index in [9.17, 15) is 8.42 Å². The lowest BCUT2D eigenvalue weighted by Gasteiger charge is -2.16. The Hall–Kier alpha value is -0.350. The molecule has 1 rings (SSSR count). The molecule has 76 valence electrons. The topological polar surface area (TPSA) is 43.4 Å². The van der Waals surface area contributed by atoms with Crippen LogP contribution in [0.15, 0.2) is 12.7 Å². The van der Waals surface area contributed by atoms with Crippen molar-refractivity contribution in [3.63, 3.8) is 0 Å². The zero-order valence-electron chi connectivity index (χ0n) is 7.90. The third-order valence-corrected chi connectivity index (χ3v) is 2.95. The van der Waals surface area contributed by atoms with E-state index in [-0.39, 0.29) is 6.10 Å². The third-order valence-electron chi connectivity index (χ3n) is 2.36. The van der Waals surface area contributed by atoms with E-state index >= 15 is 0 Å². The first-order valence-electron chi connectivity index (χ1n) is 4.52. The molecule has 0 N–H and O–H groups in total. The maximum Gasteiger partial charge on any atom is 0.264 e. The van der Waals surface area contributed by atoms with Crippen LogP contribution in [0.2, 0.25) is 0 Å². The molecular weight excluding hydrogens is 188 g/mol. The molecule has 1 aliphatic carbocycles. The molecule has 0 bridgehead atoms. The average Bonchev–Trinajstić information content (AvgIpc) is 2.34. The number of allylic oxidation sites excluding steroid dienone is 1. The summed E-state index contributed by atoms with van der Waals surface area (Å²) in [6.45, 7) is 3.65. The van der Waals surface area contributed by atoms with E-state index in [1.165, 1.54) is 0 Å². The fraction of sp³-hybridized carbons (Fsp3) is 0.778. The molecular formula is C9H16O3S. The van der Waals surface area contributed by atoms with Crippen molar-refractivity contribution in [1.82, 2.24) is 0 Å². The monoisotopic (exact) mass is 204 g/mol. The molecule has 0 unspecified atom stereocenters. The highest BCUT2D eigenvalue weighted by Gasteiger charge is 2.29. The van der Waals surface area contributed by atoms with Gasteiger partial charge in [-0.05, 0) is 25.2 Å². The number of hydrogen-bond donors (Lipinski definition) is 0. The molecule has 0 aromatic rings. The summed E-state index contributed by atoms with van der Waals surface area (Å²) in [5.41, 5.74) is 0. The van der Waals surface area contributed by atoms with Crippen molar-refractivity contribution < 1.29 is 12.6 Å². The SMILES string of the molecule is C=CC[C@H]1CCC[C@H]1OS(C)(=O)=O. The summed E-state index contributed by atoms with van der Waals surface area (Å²) < 4.78 is 26.8. The van der Waals surface area contributed by atoms with E-state index in [0.717, 1.165) is 31.9 Å². The molecule has 0 aromatic heterocycles. The zero-order valence-corrected chi connectivity index (χ0v) is 8.72. The predicted molar refractivity (Wildman–Crippen MR) is 51.9 cm³/mol. The van der Waals surface area contributed by atoms with Crippen LogP contribution in [0.3, 0.4) is 0 Å². The Morgan fingerprint density at radius 3 is 2.77 bits per heavy atom. The quantitative estimate of drug-likeness (QED) is 0.517. The minimum atomic E-state index is -3.29. The molecule has 0 aromatic carbocycles. The average molecular weight is 204 g/mol. The van der Waals surface area contributed by atoms with Crippen LogP contribution in [-0.2, 0) is 14.3 Å². The minimum absolute atomic E-state index is 0.118. The maximum atomic E-state index is 10.9. The van der Waals surface area contributed by atoms with Crippen molar-refractivity contribution >= 4 is 10.1 Å². The van der Waals surface area contributed by atoms with Crippen LogP contribution in [0.25, 0.3) is 0 Å². The van der Waals surface area contributed by atoms with Gasteiger partial charge in [-0.2, -0.15) is 8.42 Å². The normalized spacial score (nSPS) is 29.0. The molecule has 2 atom stereocenters. The van der Waals surface area contributed by atoms with E-state index in [0.29, 0.717) is 5.92 Å². The fourth-order valence-corrected chi connectivity index (χ4v) is 2.54. The van der Waals surface area contributed by atoms with E-state index < -0.39 is 10.1 Å². The Morgan fingerprint density at radius 1 is 1.54 bits per heavy atom. The van der Waals surface area contributed by atoms with Gasteiger partial charge in [0.1, 0.15) is 0 Å². The number of hydrogen-bond acceptors (Lipinski definition) is 3. The van der Waals surface area contributed by atoms with Gasteiger partial charge in [0, 0.05) is 0 Å². The molecule has 1 saturated carbocycles. The summed E-state index contributed by atoms with van der Waals surface area (Å²) in [7, 11) is -3.29. The highest BCUT2D eigenvalue weighted by molar-refractivity contribution is 7.86.